The second-order valence-electron chi connectivity index (χ2n) is 10.4. The van der Waals surface area contributed by atoms with E-state index in [0.29, 0.717) is 17.2 Å². The highest BCUT2D eigenvalue weighted by Gasteiger charge is 2.36. The molecule has 0 radical (unpaired) electrons. The molecule has 2 heterocycles. The van der Waals surface area contributed by atoms with Crippen molar-refractivity contribution in [1.82, 2.24) is 20.2 Å². The summed E-state index contributed by atoms with van der Waals surface area (Å²) in [5.74, 6) is -0.456. The smallest absolute Gasteiger partial charge is 0.254 e. The van der Waals surface area contributed by atoms with Gasteiger partial charge in [0.1, 0.15) is 5.82 Å². The molecule has 6 nitrogen and oxygen atoms in total. The summed E-state index contributed by atoms with van der Waals surface area (Å²) in [6.07, 6.45) is 10.1. The molecule has 2 aliphatic rings. The number of aryl methyl sites for hydroxylation is 1. The lowest BCUT2D eigenvalue weighted by Crippen LogP contribution is -2.48. The van der Waals surface area contributed by atoms with Gasteiger partial charge in [-0.3, -0.25) is 14.6 Å². The first kappa shape index (κ1) is 26.5. The molecule has 0 bridgehead atoms. The van der Waals surface area contributed by atoms with Gasteiger partial charge in [0.15, 0.2) is 6.04 Å². The van der Waals surface area contributed by atoms with E-state index < -0.39 is 11.9 Å². The van der Waals surface area contributed by atoms with Gasteiger partial charge in [-0.1, -0.05) is 38.3 Å². The first-order chi connectivity index (χ1) is 18.5. The SMILES string of the molecule is CCc1ccc(C(=O)N(CCc2ncccc2F)C(C(=O)NC2CCCCC2)c2csc(C3CC3)n2)cc1. The highest BCUT2D eigenvalue weighted by molar-refractivity contribution is 7.09. The summed E-state index contributed by atoms with van der Waals surface area (Å²) in [6, 6.07) is 9.61. The minimum Gasteiger partial charge on any atom is -0.351 e. The van der Waals surface area contributed by atoms with Gasteiger partial charge in [0.05, 0.1) is 16.4 Å². The van der Waals surface area contributed by atoms with Crippen LogP contribution in [0.4, 0.5) is 4.39 Å². The van der Waals surface area contributed by atoms with Crippen molar-refractivity contribution in [3.05, 3.63) is 81.3 Å². The summed E-state index contributed by atoms with van der Waals surface area (Å²) in [7, 11) is 0. The van der Waals surface area contributed by atoms with Crippen molar-refractivity contribution >= 4 is 23.2 Å². The highest BCUT2D eigenvalue weighted by atomic mass is 32.1. The second kappa shape index (κ2) is 12.2. The predicted molar refractivity (Wildman–Crippen MR) is 147 cm³/mol. The van der Waals surface area contributed by atoms with E-state index in [0.717, 1.165) is 55.5 Å². The Hall–Kier alpha value is -3.13. The zero-order valence-corrected chi connectivity index (χ0v) is 22.7. The number of nitrogens with one attached hydrogen (secondary N) is 1. The number of aromatic nitrogens is 2. The monoisotopic (exact) mass is 534 g/mol. The third-order valence-corrected chi connectivity index (χ3v) is 8.58. The van der Waals surface area contributed by atoms with Gasteiger partial charge in [0.25, 0.3) is 5.91 Å². The third kappa shape index (κ3) is 6.29. The number of halogens is 1. The van der Waals surface area contributed by atoms with Gasteiger partial charge in [0, 0.05) is 42.1 Å². The number of amides is 2. The average molecular weight is 535 g/mol. The Balaban J connectivity index is 1.49. The number of hydrogen-bond donors (Lipinski definition) is 1. The molecule has 8 heteroatoms. The molecular formula is C30H35FN4O2S. The van der Waals surface area contributed by atoms with E-state index in [-0.39, 0.29) is 36.5 Å². The van der Waals surface area contributed by atoms with Crippen LogP contribution in [0, 0.1) is 5.82 Å². The minimum atomic E-state index is -0.897. The van der Waals surface area contributed by atoms with Crippen molar-refractivity contribution in [1.29, 1.82) is 0 Å². The molecule has 2 saturated carbocycles. The van der Waals surface area contributed by atoms with Crippen LogP contribution < -0.4 is 5.32 Å². The topological polar surface area (TPSA) is 75.2 Å². The fourth-order valence-electron chi connectivity index (χ4n) is 5.13. The molecule has 1 aromatic carbocycles. The highest BCUT2D eigenvalue weighted by Crippen LogP contribution is 2.42. The minimum absolute atomic E-state index is 0.0920. The molecule has 1 unspecified atom stereocenters. The molecule has 2 amide bonds. The van der Waals surface area contributed by atoms with Crippen LogP contribution in [0.3, 0.4) is 0 Å². The Kier molecular flexibility index (Phi) is 8.47. The summed E-state index contributed by atoms with van der Waals surface area (Å²) in [4.78, 5) is 38.6. The Labute approximate surface area is 227 Å². The molecule has 1 atom stereocenters. The maximum atomic E-state index is 14.5. The van der Waals surface area contributed by atoms with Crippen molar-refractivity contribution in [3.8, 4) is 0 Å². The molecule has 0 saturated heterocycles. The third-order valence-electron chi connectivity index (χ3n) is 7.55. The molecule has 5 rings (SSSR count). The first-order valence-corrected chi connectivity index (χ1v) is 14.7. The Morgan fingerprint density at radius 2 is 1.87 bits per heavy atom. The average Bonchev–Trinajstić information content (AvgIpc) is 3.69. The van der Waals surface area contributed by atoms with E-state index in [9.17, 15) is 14.0 Å². The Morgan fingerprint density at radius 3 is 2.55 bits per heavy atom. The van der Waals surface area contributed by atoms with E-state index in [1.165, 1.54) is 12.5 Å². The van der Waals surface area contributed by atoms with E-state index in [1.807, 2.05) is 29.6 Å². The standard InChI is InChI=1S/C30H35FN4O2S/c1-2-20-10-12-22(13-11-20)30(37)35(18-16-25-24(31)9-6-17-32-25)27(26-19-38-29(34-26)21-14-15-21)28(36)33-23-7-4-3-5-8-23/h6,9-13,17,19,21,23,27H,2-5,7-8,14-16,18H2,1H3,(H,33,36). The number of pyridine rings is 1. The van der Waals surface area contributed by atoms with Gasteiger partial charge < -0.3 is 10.2 Å². The fourth-order valence-corrected chi connectivity index (χ4v) is 6.14. The van der Waals surface area contributed by atoms with Gasteiger partial charge in [-0.2, -0.15) is 0 Å². The maximum absolute atomic E-state index is 14.5. The van der Waals surface area contributed by atoms with Crippen molar-refractivity contribution in [2.75, 3.05) is 6.54 Å². The number of thiazole rings is 1. The second-order valence-corrected chi connectivity index (χ2v) is 11.3. The summed E-state index contributed by atoms with van der Waals surface area (Å²) < 4.78 is 14.5. The molecular weight excluding hydrogens is 499 g/mol. The molecule has 38 heavy (non-hydrogen) atoms. The van der Waals surface area contributed by atoms with Crippen LogP contribution in [-0.4, -0.2) is 39.3 Å². The van der Waals surface area contributed by atoms with E-state index in [2.05, 4.69) is 17.2 Å². The molecule has 0 spiro atoms. The van der Waals surface area contributed by atoms with Crippen LogP contribution in [-0.2, 0) is 17.6 Å². The van der Waals surface area contributed by atoms with Crippen LogP contribution in [0.25, 0.3) is 0 Å². The lowest BCUT2D eigenvalue weighted by Gasteiger charge is -2.32. The van der Waals surface area contributed by atoms with Crippen molar-refractivity contribution in [2.24, 2.45) is 0 Å². The van der Waals surface area contributed by atoms with Crippen molar-refractivity contribution < 1.29 is 14.0 Å². The van der Waals surface area contributed by atoms with Crippen LogP contribution in [0.15, 0.2) is 48.0 Å². The first-order valence-electron chi connectivity index (χ1n) is 13.8. The molecule has 2 aromatic heterocycles. The van der Waals surface area contributed by atoms with Crippen LogP contribution in [0.5, 0.6) is 0 Å². The quantitative estimate of drug-likeness (QED) is 0.347. The molecule has 2 fully saturated rings. The Bertz CT molecular complexity index is 1250. The molecule has 200 valence electrons. The number of carbonyl (C=O) groups excluding carboxylic acids is 2. The van der Waals surface area contributed by atoms with Crippen LogP contribution in [0.2, 0.25) is 0 Å². The van der Waals surface area contributed by atoms with E-state index in [4.69, 9.17) is 4.98 Å². The zero-order valence-electron chi connectivity index (χ0n) is 21.9. The lowest BCUT2D eigenvalue weighted by molar-refractivity contribution is -0.127. The lowest BCUT2D eigenvalue weighted by atomic mass is 9.95. The summed E-state index contributed by atoms with van der Waals surface area (Å²) in [5, 5.41) is 6.16. The Morgan fingerprint density at radius 1 is 1.11 bits per heavy atom. The molecule has 0 aliphatic heterocycles. The predicted octanol–water partition coefficient (Wildman–Crippen LogP) is 5.99. The van der Waals surface area contributed by atoms with Gasteiger partial charge >= 0.3 is 0 Å². The summed E-state index contributed by atoms with van der Waals surface area (Å²) >= 11 is 1.56. The molecule has 3 aromatic rings. The molecule has 2 aliphatic carbocycles. The van der Waals surface area contributed by atoms with Gasteiger partial charge in [0.2, 0.25) is 5.91 Å². The van der Waals surface area contributed by atoms with Crippen LogP contribution >= 0.6 is 11.3 Å². The number of hydrogen-bond acceptors (Lipinski definition) is 5. The number of carbonyl (C=O) groups is 2. The number of nitrogens with zero attached hydrogens (tertiary/aromatic N) is 3. The van der Waals surface area contributed by atoms with Gasteiger partial charge in [-0.15, -0.1) is 11.3 Å². The zero-order chi connectivity index (χ0) is 26.5. The van der Waals surface area contributed by atoms with Crippen molar-refractivity contribution in [2.45, 2.75) is 82.7 Å². The van der Waals surface area contributed by atoms with E-state index in [1.54, 1.807) is 28.5 Å². The van der Waals surface area contributed by atoms with Crippen LogP contribution in [0.1, 0.15) is 96.1 Å². The summed E-state index contributed by atoms with van der Waals surface area (Å²) in [5.41, 5.74) is 2.49. The van der Waals surface area contributed by atoms with E-state index >= 15 is 0 Å². The number of benzene rings is 1. The fraction of sp³-hybridized carbons (Fsp3) is 0.467. The molecule has 1 N–H and O–H groups in total. The normalized spacial score (nSPS) is 16.7. The van der Waals surface area contributed by atoms with Gasteiger partial charge in [-0.25, -0.2) is 9.37 Å². The summed E-state index contributed by atoms with van der Waals surface area (Å²) in [6.45, 7) is 2.21. The van der Waals surface area contributed by atoms with Crippen molar-refractivity contribution in [3.63, 3.8) is 0 Å². The van der Waals surface area contributed by atoms with Gasteiger partial charge in [-0.05, 0) is 61.9 Å². The maximum Gasteiger partial charge on any atom is 0.254 e. The number of rotatable bonds is 10. The largest absolute Gasteiger partial charge is 0.351 e.